The van der Waals surface area contributed by atoms with Crippen molar-refractivity contribution < 1.29 is 14.5 Å². The van der Waals surface area contributed by atoms with E-state index in [4.69, 9.17) is 4.74 Å². The number of nitro benzene ring substituents is 1. The zero-order chi connectivity index (χ0) is 14.5. The van der Waals surface area contributed by atoms with E-state index in [0.29, 0.717) is 18.8 Å². The summed E-state index contributed by atoms with van der Waals surface area (Å²) in [5.41, 5.74) is 0.417. The fourth-order valence-corrected chi connectivity index (χ4v) is 2.60. The number of nitrogens with zero attached hydrogens (tertiary/aromatic N) is 2. The summed E-state index contributed by atoms with van der Waals surface area (Å²) in [6.45, 7) is 2.80. The molecule has 20 heavy (non-hydrogen) atoms. The van der Waals surface area contributed by atoms with Crippen LogP contribution in [0.2, 0.25) is 0 Å². The van der Waals surface area contributed by atoms with Gasteiger partial charge in [0.15, 0.2) is 5.75 Å². The van der Waals surface area contributed by atoms with E-state index in [9.17, 15) is 14.9 Å². The molecule has 1 aromatic carbocycles. The van der Waals surface area contributed by atoms with Crippen molar-refractivity contribution in [2.75, 3.05) is 18.1 Å². The van der Waals surface area contributed by atoms with Crippen LogP contribution in [0.5, 0.6) is 5.75 Å². The smallest absolute Gasteiger partial charge is 0.333 e. The number of ether oxygens (including phenoxy) is 1. The minimum absolute atomic E-state index is 0.0527. The maximum atomic E-state index is 11.4. The van der Waals surface area contributed by atoms with E-state index in [1.165, 1.54) is 0 Å². The third-order valence-electron chi connectivity index (χ3n) is 3.48. The van der Waals surface area contributed by atoms with Crippen molar-refractivity contribution >= 4 is 17.7 Å². The maximum Gasteiger partial charge on any atom is 0.333 e. The van der Waals surface area contributed by atoms with Crippen molar-refractivity contribution in [3.63, 3.8) is 0 Å². The Kier molecular flexibility index (Phi) is 4.55. The molecule has 1 heterocycles. The predicted octanol–water partition coefficient (Wildman–Crippen LogP) is 2.55. The van der Waals surface area contributed by atoms with Crippen LogP contribution in [-0.2, 0) is 4.79 Å². The van der Waals surface area contributed by atoms with Gasteiger partial charge in [0.1, 0.15) is 12.0 Å². The number of para-hydroxylation sites is 1. The highest BCUT2D eigenvalue weighted by molar-refractivity contribution is 5.75. The lowest BCUT2D eigenvalue weighted by Gasteiger charge is -2.34. The van der Waals surface area contributed by atoms with E-state index in [0.717, 1.165) is 25.5 Å². The number of hydrogen-bond acceptors (Lipinski definition) is 5. The summed E-state index contributed by atoms with van der Waals surface area (Å²) in [7, 11) is 0. The molecule has 0 aromatic heterocycles. The Morgan fingerprint density at radius 1 is 1.50 bits per heavy atom. The SMILES string of the molecule is CCOc1cccc(N2CCCCC2C=O)c1[N+](=O)[O-]. The van der Waals surface area contributed by atoms with Gasteiger partial charge in [-0.15, -0.1) is 0 Å². The quantitative estimate of drug-likeness (QED) is 0.470. The molecular formula is C14H18N2O4. The lowest BCUT2D eigenvalue weighted by molar-refractivity contribution is -0.385. The summed E-state index contributed by atoms with van der Waals surface area (Å²) in [6.07, 6.45) is 3.51. The summed E-state index contributed by atoms with van der Waals surface area (Å²) in [5.74, 6) is 0.255. The van der Waals surface area contributed by atoms with Crippen molar-refractivity contribution in [3.8, 4) is 5.75 Å². The fraction of sp³-hybridized carbons (Fsp3) is 0.500. The molecule has 0 amide bonds. The van der Waals surface area contributed by atoms with Gasteiger partial charge in [0.2, 0.25) is 0 Å². The Hall–Kier alpha value is -2.11. The van der Waals surface area contributed by atoms with Crippen LogP contribution in [0, 0.1) is 10.1 Å². The van der Waals surface area contributed by atoms with Gasteiger partial charge < -0.3 is 14.4 Å². The Bertz CT molecular complexity index is 504. The molecule has 1 fully saturated rings. The van der Waals surface area contributed by atoms with E-state index in [1.54, 1.807) is 25.1 Å². The second-order valence-electron chi connectivity index (χ2n) is 4.71. The molecule has 1 aliphatic rings. The highest BCUT2D eigenvalue weighted by atomic mass is 16.6. The zero-order valence-corrected chi connectivity index (χ0v) is 11.4. The number of piperidine rings is 1. The van der Waals surface area contributed by atoms with E-state index in [-0.39, 0.29) is 17.5 Å². The highest BCUT2D eigenvalue weighted by Crippen LogP contribution is 2.39. The van der Waals surface area contributed by atoms with Crippen LogP contribution in [0.4, 0.5) is 11.4 Å². The molecule has 1 aliphatic heterocycles. The van der Waals surface area contributed by atoms with Crippen LogP contribution >= 0.6 is 0 Å². The highest BCUT2D eigenvalue weighted by Gasteiger charge is 2.30. The summed E-state index contributed by atoms with van der Waals surface area (Å²) in [6, 6.07) is 4.70. The number of nitro groups is 1. The Balaban J connectivity index is 2.46. The van der Waals surface area contributed by atoms with Crippen LogP contribution in [0.25, 0.3) is 0 Å². The van der Waals surface area contributed by atoms with Gasteiger partial charge in [0.05, 0.1) is 17.6 Å². The van der Waals surface area contributed by atoms with Gasteiger partial charge in [-0.1, -0.05) is 6.07 Å². The molecule has 1 aromatic rings. The number of carbonyl (C=O) groups is 1. The van der Waals surface area contributed by atoms with Crippen molar-refractivity contribution in [2.24, 2.45) is 0 Å². The van der Waals surface area contributed by atoms with Crippen LogP contribution in [-0.4, -0.2) is 30.4 Å². The summed E-state index contributed by atoms with van der Waals surface area (Å²) < 4.78 is 5.34. The number of benzene rings is 1. The topological polar surface area (TPSA) is 72.7 Å². The average molecular weight is 278 g/mol. The molecular weight excluding hydrogens is 260 g/mol. The van der Waals surface area contributed by atoms with Gasteiger partial charge in [-0.2, -0.15) is 0 Å². The molecule has 0 radical (unpaired) electrons. The van der Waals surface area contributed by atoms with E-state index in [2.05, 4.69) is 0 Å². The lowest BCUT2D eigenvalue weighted by Crippen LogP contribution is -2.40. The fourth-order valence-electron chi connectivity index (χ4n) is 2.60. The molecule has 0 aliphatic carbocycles. The van der Waals surface area contributed by atoms with Crippen LogP contribution in [0.15, 0.2) is 18.2 Å². The Labute approximate surface area is 117 Å². The molecule has 1 saturated heterocycles. The summed E-state index contributed by atoms with van der Waals surface area (Å²) >= 11 is 0. The first kappa shape index (κ1) is 14.3. The number of rotatable bonds is 5. The largest absolute Gasteiger partial charge is 0.487 e. The van der Waals surface area contributed by atoms with Gasteiger partial charge in [0, 0.05) is 6.54 Å². The maximum absolute atomic E-state index is 11.4. The number of carbonyl (C=O) groups excluding carboxylic acids is 1. The molecule has 6 heteroatoms. The third kappa shape index (κ3) is 2.74. The van der Waals surface area contributed by atoms with Gasteiger partial charge in [-0.05, 0) is 38.3 Å². The minimum atomic E-state index is -0.434. The lowest BCUT2D eigenvalue weighted by atomic mass is 10.0. The molecule has 0 spiro atoms. The summed E-state index contributed by atoms with van der Waals surface area (Å²) in [5, 5.41) is 11.4. The normalized spacial score (nSPS) is 18.6. The standard InChI is InChI=1S/C14H18N2O4/c1-2-20-13-8-5-7-12(14(13)16(18)19)15-9-4-3-6-11(15)10-17/h5,7-8,10-11H,2-4,6,9H2,1H3. The van der Waals surface area contributed by atoms with E-state index in [1.807, 2.05) is 4.90 Å². The molecule has 0 bridgehead atoms. The van der Waals surface area contributed by atoms with Crippen LogP contribution < -0.4 is 9.64 Å². The minimum Gasteiger partial charge on any atom is -0.487 e. The van der Waals surface area contributed by atoms with Crippen LogP contribution in [0.1, 0.15) is 26.2 Å². The van der Waals surface area contributed by atoms with Crippen molar-refractivity contribution in [3.05, 3.63) is 28.3 Å². The first-order valence-corrected chi connectivity index (χ1v) is 6.81. The molecule has 1 unspecified atom stereocenters. The van der Waals surface area contributed by atoms with Gasteiger partial charge in [-0.3, -0.25) is 10.1 Å². The molecule has 6 nitrogen and oxygen atoms in total. The first-order valence-electron chi connectivity index (χ1n) is 6.81. The van der Waals surface area contributed by atoms with Gasteiger partial charge in [-0.25, -0.2) is 0 Å². The third-order valence-corrected chi connectivity index (χ3v) is 3.48. The monoisotopic (exact) mass is 278 g/mol. The average Bonchev–Trinajstić information content (AvgIpc) is 2.47. The molecule has 108 valence electrons. The molecule has 2 rings (SSSR count). The number of anilines is 1. The molecule has 1 atom stereocenters. The van der Waals surface area contributed by atoms with Crippen molar-refractivity contribution in [1.29, 1.82) is 0 Å². The predicted molar refractivity (Wildman–Crippen MR) is 75.3 cm³/mol. The zero-order valence-electron chi connectivity index (χ0n) is 11.4. The van der Waals surface area contributed by atoms with Crippen LogP contribution in [0.3, 0.4) is 0 Å². The van der Waals surface area contributed by atoms with E-state index < -0.39 is 4.92 Å². The molecule has 0 N–H and O–H groups in total. The van der Waals surface area contributed by atoms with E-state index >= 15 is 0 Å². The van der Waals surface area contributed by atoms with Gasteiger partial charge in [0.25, 0.3) is 0 Å². The second-order valence-corrected chi connectivity index (χ2v) is 4.71. The Morgan fingerprint density at radius 2 is 2.30 bits per heavy atom. The molecule has 0 saturated carbocycles. The van der Waals surface area contributed by atoms with Crippen molar-refractivity contribution in [2.45, 2.75) is 32.2 Å². The Morgan fingerprint density at radius 3 is 2.95 bits per heavy atom. The number of hydrogen-bond donors (Lipinski definition) is 0. The number of aldehydes is 1. The van der Waals surface area contributed by atoms with Crippen molar-refractivity contribution in [1.82, 2.24) is 0 Å². The summed E-state index contributed by atoms with van der Waals surface area (Å²) in [4.78, 5) is 23.9. The first-order chi connectivity index (χ1) is 9.69. The second kappa shape index (κ2) is 6.36. The van der Waals surface area contributed by atoms with Gasteiger partial charge >= 0.3 is 5.69 Å².